The Morgan fingerprint density at radius 1 is 1.41 bits per heavy atom. The van der Waals surface area contributed by atoms with Gasteiger partial charge >= 0.3 is 5.97 Å². The Kier molecular flexibility index (Phi) is 3.61. The van der Waals surface area contributed by atoms with Crippen LogP contribution in [0.15, 0.2) is 24.3 Å². The molecule has 0 aliphatic carbocycles. The number of carboxylic acid groups (broad SMARTS) is 1. The first-order valence-electron chi connectivity index (χ1n) is 5.57. The standard InChI is InChI=1S/C12H15NO4/c14-11-7-8(5-6-13-11)17-10-4-2-1-3-9(10)12(15)16/h1-4,8,11,13-14H,5-7H2,(H,15,16). The fourth-order valence-electron chi connectivity index (χ4n) is 1.89. The van der Waals surface area contributed by atoms with Gasteiger partial charge in [-0.25, -0.2) is 4.79 Å². The van der Waals surface area contributed by atoms with Gasteiger partial charge in [0.25, 0.3) is 0 Å². The van der Waals surface area contributed by atoms with Crippen molar-refractivity contribution in [1.82, 2.24) is 5.32 Å². The first kappa shape index (κ1) is 11.9. The van der Waals surface area contributed by atoms with Crippen LogP contribution in [0.25, 0.3) is 0 Å². The minimum Gasteiger partial charge on any atom is -0.489 e. The Balaban J connectivity index is 2.10. The second-order valence-corrected chi connectivity index (χ2v) is 4.04. The van der Waals surface area contributed by atoms with Crippen LogP contribution in [-0.2, 0) is 0 Å². The third-order valence-electron chi connectivity index (χ3n) is 2.74. The molecule has 0 aromatic heterocycles. The van der Waals surface area contributed by atoms with Gasteiger partial charge < -0.3 is 14.9 Å². The fraction of sp³-hybridized carbons (Fsp3) is 0.417. The van der Waals surface area contributed by atoms with Crippen molar-refractivity contribution in [3.8, 4) is 5.75 Å². The van der Waals surface area contributed by atoms with E-state index in [1.54, 1.807) is 18.2 Å². The number of carboxylic acids is 1. The van der Waals surface area contributed by atoms with Crippen LogP contribution in [-0.4, -0.2) is 35.1 Å². The van der Waals surface area contributed by atoms with E-state index in [-0.39, 0.29) is 11.7 Å². The summed E-state index contributed by atoms with van der Waals surface area (Å²) >= 11 is 0. The molecule has 2 rings (SSSR count). The van der Waals surface area contributed by atoms with E-state index in [0.717, 1.165) is 6.42 Å². The van der Waals surface area contributed by atoms with Gasteiger partial charge in [-0.05, 0) is 18.6 Å². The molecule has 2 unspecified atom stereocenters. The molecule has 2 atom stereocenters. The molecular weight excluding hydrogens is 222 g/mol. The summed E-state index contributed by atoms with van der Waals surface area (Å²) in [4.78, 5) is 11.0. The zero-order chi connectivity index (χ0) is 12.3. The molecule has 5 heteroatoms. The number of nitrogens with one attached hydrogen (secondary N) is 1. The molecule has 17 heavy (non-hydrogen) atoms. The van der Waals surface area contributed by atoms with Crippen molar-refractivity contribution in [2.75, 3.05) is 6.54 Å². The third-order valence-corrected chi connectivity index (χ3v) is 2.74. The number of piperidine rings is 1. The number of ether oxygens (including phenoxy) is 1. The van der Waals surface area contributed by atoms with Crippen molar-refractivity contribution in [3.05, 3.63) is 29.8 Å². The van der Waals surface area contributed by atoms with Crippen molar-refractivity contribution in [2.24, 2.45) is 0 Å². The van der Waals surface area contributed by atoms with Gasteiger partial charge in [0.2, 0.25) is 0 Å². The molecule has 1 aliphatic heterocycles. The average molecular weight is 237 g/mol. The second-order valence-electron chi connectivity index (χ2n) is 4.04. The molecule has 1 aromatic rings. The number of aromatic carboxylic acids is 1. The van der Waals surface area contributed by atoms with Crippen LogP contribution in [0, 0.1) is 0 Å². The summed E-state index contributed by atoms with van der Waals surface area (Å²) in [5.41, 5.74) is 0.153. The number of hydrogen-bond acceptors (Lipinski definition) is 4. The number of carbonyl (C=O) groups is 1. The zero-order valence-electron chi connectivity index (χ0n) is 9.30. The average Bonchev–Trinajstić information content (AvgIpc) is 2.29. The summed E-state index contributed by atoms with van der Waals surface area (Å²) in [6.07, 6.45) is 0.497. The summed E-state index contributed by atoms with van der Waals surface area (Å²) < 4.78 is 5.64. The highest BCUT2D eigenvalue weighted by Gasteiger charge is 2.22. The molecule has 1 fully saturated rings. The third kappa shape index (κ3) is 2.95. The van der Waals surface area contributed by atoms with Crippen molar-refractivity contribution < 1.29 is 19.7 Å². The minimum absolute atomic E-state index is 0.147. The van der Waals surface area contributed by atoms with E-state index in [4.69, 9.17) is 9.84 Å². The van der Waals surface area contributed by atoms with Gasteiger partial charge in [-0.2, -0.15) is 0 Å². The SMILES string of the molecule is O=C(O)c1ccccc1OC1CCNC(O)C1. The predicted molar refractivity (Wildman–Crippen MR) is 61.1 cm³/mol. The van der Waals surface area contributed by atoms with E-state index in [2.05, 4.69) is 5.32 Å². The molecule has 0 saturated carbocycles. The zero-order valence-corrected chi connectivity index (χ0v) is 9.30. The molecule has 1 heterocycles. The van der Waals surface area contributed by atoms with Crippen LogP contribution in [0.4, 0.5) is 0 Å². The van der Waals surface area contributed by atoms with Crippen molar-refractivity contribution >= 4 is 5.97 Å². The molecule has 1 aromatic carbocycles. The van der Waals surface area contributed by atoms with Gasteiger partial charge in [0.05, 0.1) is 0 Å². The summed E-state index contributed by atoms with van der Waals surface area (Å²) in [6.45, 7) is 0.668. The lowest BCUT2D eigenvalue weighted by Crippen LogP contribution is -2.42. The quantitative estimate of drug-likeness (QED) is 0.725. The maximum Gasteiger partial charge on any atom is 0.339 e. The molecular formula is C12H15NO4. The first-order chi connectivity index (χ1) is 8.16. The van der Waals surface area contributed by atoms with Crippen LogP contribution >= 0.6 is 0 Å². The Morgan fingerprint density at radius 2 is 2.18 bits per heavy atom. The molecule has 0 radical (unpaired) electrons. The number of para-hydroxylation sites is 1. The lowest BCUT2D eigenvalue weighted by atomic mass is 10.1. The van der Waals surface area contributed by atoms with E-state index in [1.807, 2.05) is 0 Å². The van der Waals surface area contributed by atoms with Crippen molar-refractivity contribution in [2.45, 2.75) is 25.2 Å². The Hall–Kier alpha value is -1.59. The summed E-state index contributed by atoms with van der Waals surface area (Å²) in [7, 11) is 0. The summed E-state index contributed by atoms with van der Waals surface area (Å²) in [5.74, 6) is -0.644. The number of aliphatic hydroxyl groups is 1. The Morgan fingerprint density at radius 3 is 2.88 bits per heavy atom. The van der Waals surface area contributed by atoms with Crippen LogP contribution in [0.5, 0.6) is 5.75 Å². The predicted octanol–water partition coefficient (Wildman–Crippen LogP) is 0.834. The summed E-state index contributed by atoms with van der Waals surface area (Å²) in [5, 5.41) is 21.3. The molecule has 1 aliphatic rings. The molecule has 0 spiro atoms. The van der Waals surface area contributed by atoms with E-state index >= 15 is 0 Å². The molecule has 1 saturated heterocycles. The lowest BCUT2D eigenvalue weighted by molar-refractivity contribution is 0.0392. The van der Waals surface area contributed by atoms with Crippen molar-refractivity contribution in [3.63, 3.8) is 0 Å². The normalized spacial score (nSPS) is 24.3. The smallest absolute Gasteiger partial charge is 0.339 e. The highest BCUT2D eigenvalue weighted by atomic mass is 16.5. The second kappa shape index (κ2) is 5.16. The van der Waals surface area contributed by atoms with Gasteiger partial charge in [0.15, 0.2) is 0 Å². The Labute approximate surface area is 99.0 Å². The van der Waals surface area contributed by atoms with Gasteiger partial charge in [0.1, 0.15) is 23.6 Å². The maximum absolute atomic E-state index is 11.0. The lowest BCUT2D eigenvalue weighted by Gasteiger charge is -2.28. The highest BCUT2D eigenvalue weighted by Crippen LogP contribution is 2.22. The first-order valence-corrected chi connectivity index (χ1v) is 5.57. The molecule has 0 amide bonds. The van der Waals surface area contributed by atoms with Gasteiger partial charge in [-0.3, -0.25) is 5.32 Å². The largest absolute Gasteiger partial charge is 0.489 e. The van der Waals surface area contributed by atoms with Gasteiger partial charge in [0, 0.05) is 13.0 Å². The molecule has 5 nitrogen and oxygen atoms in total. The number of benzene rings is 1. The van der Waals surface area contributed by atoms with Crippen molar-refractivity contribution in [1.29, 1.82) is 0 Å². The van der Waals surface area contributed by atoms with E-state index in [1.165, 1.54) is 6.07 Å². The fourth-order valence-corrected chi connectivity index (χ4v) is 1.89. The molecule has 92 valence electrons. The minimum atomic E-state index is -1.00. The maximum atomic E-state index is 11.0. The Bertz CT molecular complexity index is 407. The van der Waals surface area contributed by atoms with Crippen LogP contribution in [0.2, 0.25) is 0 Å². The number of aliphatic hydroxyl groups excluding tert-OH is 1. The van der Waals surface area contributed by atoms with Crippen LogP contribution < -0.4 is 10.1 Å². The molecule has 0 bridgehead atoms. The number of rotatable bonds is 3. The molecule has 3 N–H and O–H groups in total. The monoisotopic (exact) mass is 237 g/mol. The topological polar surface area (TPSA) is 78.8 Å². The van der Waals surface area contributed by atoms with Gasteiger partial charge in [-0.1, -0.05) is 12.1 Å². The van der Waals surface area contributed by atoms with Gasteiger partial charge in [-0.15, -0.1) is 0 Å². The highest BCUT2D eigenvalue weighted by molar-refractivity contribution is 5.90. The summed E-state index contributed by atoms with van der Waals surface area (Å²) in [6, 6.07) is 6.54. The number of hydrogen-bond donors (Lipinski definition) is 3. The van der Waals surface area contributed by atoms with Crippen LogP contribution in [0.3, 0.4) is 0 Å². The van der Waals surface area contributed by atoms with E-state index in [0.29, 0.717) is 18.7 Å². The van der Waals surface area contributed by atoms with Crippen LogP contribution in [0.1, 0.15) is 23.2 Å². The van der Waals surface area contributed by atoms with E-state index < -0.39 is 12.2 Å². The van der Waals surface area contributed by atoms with E-state index in [9.17, 15) is 9.90 Å².